The van der Waals surface area contributed by atoms with E-state index in [4.69, 9.17) is 9.72 Å². The Morgan fingerprint density at radius 3 is 2.91 bits per heavy atom. The lowest BCUT2D eigenvalue weighted by atomic mass is 9.97. The van der Waals surface area contributed by atoms with Crippen LogP contribution in [0.5, 0.6) is 5.75 Å². The molecule has 162 valence electrons. The Hall–Kier alpha value is -3.81. The van der Waals surface area contributed by atoms with Crippen LogP contribution in [0.4, 0.5) is 4.39 Å². The third-order valence-corrected chi connectivity index (χ3v) is 5.78. The van der Waals surface area contributed by atoms with Crippen molar-refractivity contribution in [1.29, 1.82) is 0 Å². The predicted octanol–water partition coefficient (Wildman–Crippen LogP) is 3.96. The zero-order valence-corrected chi connectivity index (χ0v) is 17.6. The molecule has 0 aliphatic carbocycles. The Morgan fingerprint density at radius 2 is 2.09 bits per heavy atom. The fourth-order valence-electron chi connectivity index (χ4n) is 4.16. The van der Waals surface area contributed by atoms with Crippen molar-refractivity contribution in [2.75, 3.05) is 20.2 Å². The number of amides is 1. The van der Waals surface area contributed by atoms with Crippen molar-refractivity contribution in [3.05, 3.63) is 78.3 Å². The van der Waals surface area contributed by atoms with Gasteiger partial charge in [-0.1, -0.05) is 6.07 Å². The Bertz CT molecular complexity index is 1270. The van der Waals surface area contributed by atoms with Gasteiger partial charge in [0.15, 0.2) is 11.5 Å². The maximum atomic E-state index is 13.8. The van der Waals surface area contributed by atoms with E-state index in [0.29, 0.717) is 41.6 Å². The molecule has 5 rings (SSSR count). The highest BCUT2D eigenvalue weighted by Gasteiger charge is 2.28. The minimum atomic E-state index is -0.333. The number of nitrogens with zero attached hydrogens (tertiary/aromatic N) is 5. The molecule has 1 aromatic carbocycles. The predicted molar refractivity (Wildman–Crippen MR) is 117 cm³/mol. The number of carbonyl (C=O) groups is 1. The van der Waals surface area contributed by atoms with Crippen LogP contribution < -0.4 is 4.74 Å². The number of halogens is 1. The summed E-state index contributed by atoms with van der Waals surface area (Å²) in [5.74, 6) is 0.928. The van der Waals surface area contributed by atoms with E-state index in [1.807, 2.05) is 29.3 Å². The van der Waals surface area contributed by atoms with Gasteiger partial charge in [0.2, 0.25) is 0 Å². The van der Waals surface area contributed by atoms with E-state index in [1.165, 1.54) is 12.1 Å². The van der Waals surface area contributed by atoms with E-state index in [1.54, 1.807) is 36.0 Å². The highest BCUT2D eigenvalue weighted by Crippen LogP contribution is 2.31. The van der Waals surface area contributed by atoms with Gasteiger partial charge in [-0.2, -0.15) is 5.10 Å². The molecule has 4 heterocycles. The van der Waals surface area contributed by atoms with Gasteiger partial charge in [0.05, 0.1) is 7.11 Å². The monoisotopic (exact) mass is 431 g/mol. The summed E-state index contributed by atoms with van der Waals surface area (Å²) in [4.78, 5) is 23.5. The minimum absolute atomic E-state index is 0.0449. The van der Waals surface area contributed by atoms with E-state index in [-0.39, 0.29) is 17.6 Å². The summed E-state index contributed by atoms with van der Waals surface area (Å²) in [5, 5.41) is 4.68. The largest absolute Gasteiger partial charge is 0.496 e. The van der Waals surface area contributed by atoms with Gasteiger partial charge in [0, 0.05) is 42.5 Å². The van der Waals surface area contributed by atoms with Crippen molar-refractivity contribution in [2.24, 2.45) is 0 Å². The molecule has 1 aliphatic heterocycles. The topological polar surface area (TPSA) is 72.6 Å². The molecule has 0 radical (unpaired) electrons. The molecule has 8 heteroatoms. The average Bonchev–Trinajstić information content (AvgIpc) is 3.28. The molecule has 1 aliphatic rings. The summed E-state index contributed by atoms with van der Waals surface area (Å²) >= 11 is 0. The number of carbonyl (C=O) groups excluding carboxylic acids is 1. The minimum Gasteiger partial charge on any atom is -0.496 e. The average molecular weight is 431 g/mol. The first-order valence-electron chi connectivity index (χ1n) is 10.5. The number of hydrogen-bond donors (Lipinski definition) is 0. The van der Waals surface area contributed by atoms with E-state index in [0.717, 1.165) is 18.4 Å². The van der Waals surface area contributed by atoms with Crippen LogP contribution >= 0.6 is 0 Å². The van der Waals surface area contributed by atoms with E-state index >= 15 is 0 Å². The van der Waals surface area contributed by atoms with E-state index < -0.39 is 0 Å². The molecule has 1 saturated heterocycles. The molecule has 3 aromatic heterocycles. The number of pyridine rings is 2. The molecule has 32 heavy (non-hydrogen) atoms. The smallest absolute Gasteiger partial charge is 0.272 e. The van der Waals surface area contributed by atoms with Crippen molar-refractivity contribution in [2.45, 2.75) is 18.8 Å². The standard InChI is InChI=1S/C24H22FN5O2/c1-32-21-9-8-18(25)13-19(21)16-7-10-22-27-23(28-30(22)15-16)17-5-4-12-29(14-17)24(31)20-6-2-3-11-26-20/h2-3,6-11,13,15,17H,4-5,12,14H2,1H3/t17-/m0/s1. The molecule has 1 fully saturated rings. The third-order valence-electron chi connectivity index (χ3n) is 5.78. The lowest BCUT2D eigenvalue weighted by Gasteiger charge is -2.31. The number of methoxy groups -OCH3 is 1. The van der Waals surface area contributed by atoms with E-state index in [2.05, 4.69) is 10.1 Å². The summed E-state index contributed by atoms with van der Waals surface area (Å²) < 4.78 is 20.9. The summed E-state index contributed by atoms with van der Waals surface area (Å²) in [6, 6.07) is 13.5. The third kappa shape index (κ3) is 3.79. The fraction of sp³-hybridized carbons (Fsp3) is 0.250. The number of fused-ring (bicyclic) bond motifs is 1. The number of rotatable bonds is 4. The lowest BCUT2D eigenvalue weighted by Crippen LogP contribution is -2.39. The normalized spacial score (nSPS) is 16.3. The second-order valence-corrected chi connectivity index (χ2v) is 7.84. The molecule has 0 spiro atoms. The van der Waals surface area contributed by atoms with Gasteiger partial charge >= 0.3 is 0 Å². The first kappa shape index (κ1) is 20.1. The molecule has 0 bridgehead atoms. The van der Waals surface area contributed by atoms with Crippen LogP contribution in [-0.4, -0.2) is 50.6 Å². The Labute approximate surface area is 184 Å². The van der Waals surface area contributed by atoms with Crippen LogP contribution in [0.3, 0.4) is 0 Å². The van der Waals surface area contributed by atoms with Crippen LogP contribution in [-0.2, 0) is 0 Å². The Kier molecular flexibility index (Phi) is 5.26. The number of benzene rings is 1. The molecule has 7 nitrogen and oxygen atoms in total. The summed E-state index contributed by atoms with van der Waals surface area (Å²) in [6.07, 6.45) is 5.24. The molecule has 0 unspecified atom stereocenters. The van der Waals surface area contributed by atoms with Crippen LogP contribution in [0, 0.1) is 5.82 Å². The van der Waals surface area contributed by atoms with Gasteiger partial charge < -0.3 is 9.64 Å². The number of piperidine rings is 1. The van der Waals surface area contributed by atoms with Crippen molar-refractivity contribution < 1.29 is 13.9 Å². The SMILES string of the molecule is COc1ccc(F)cc1-c1ccc2nc([C@H]3CCCN(C(=O)c4ccccn4)C3)nn2c1. The quantitative estimate of drug-likeness (QED) is 0.489. The number of hydrogen-bond acceptors (Lipinski definition) is 5. The van der Waals surface area contributed by atoms with Crippen molar-refractivity contribution in [3.8, 4) is 16.9 Å². The highest BCUT2D eigenvalue weighted by atomic mass is 19.1. The summed E-state index contributed by atoms with van der Waals surface area (Å²) in [7, 11) is 1.56. The van der Waals surface area contributed by atoms with Crippen LogP contribution in [0.2, 0.25) is 0 Å². The molecule has 0 N–H and O–H groups in total. The maximum Gasteiger partial charge on any atom is 0.272 e. The molecule has 1 amide bonds. The Morgan fingerprint density at radius 1 is 1.19 bits per heavy atom. The van der Waals surface area contributed by atoms with Gasteiger partial charge in [-0.15, -0.1) is 0 Å². The Balaban J connectivity index is 1.42. The number of ether oxygens (including phenoxy) is 1. The van der Waals surface area contributed by atoms with Crippen LogP contribution in [0.15, 0.2) is 60.9 Å². The lowest BCUT2D eigenvalue weighted by molar-refractivity contribution is 0.0698. The molecular formula is C24H22FN5O2. The number of aromatic nitrogens is 4. The van der Waals surface area contributed by atoms with Gasteiger partial charge in [0.1, 0.15) is 17.3 Å². The number of likely N-dealkylation sites (tertiary alicyclic amines) is 1. The van der Waals surface area contributed by atoms with Crippen molar-refractivity contribution in [1.82, 2.24) is 24.5 Å². The summed E-state index contributed by atoms with van der Waals surface area (Å²) in [6.45, 7) is 1.25. The molecule has 4 aromatic rings. The van der Waals surface area contributed by atoms with Crippen molar-refractivity contribution >= 4 is 11.6 Å². The van der Waals surface area contributed by atoms with Gasteiger partial charge in [0.25, 0.3) is 5.91 Å². The van der Waals surface area contributed by atoms with Crippen LogP contribution in [0.25, 0.3) is 16.8 Å². The zero-order chi connectivity index (χ0) is 22.1. The van der Waals surface area contributed by atoms with Gasteiger partial charge in [-0.3, -0.25) is 9.78 Å². The second kappa shape index (κ2) is 8.37. The van der Waals surface area contributed by atoms with Crippen LogP contribution in [0.1, 0.15) is 35.1 Å². The molecule has 1 atom stereocenters. The zero-order valence-electron chi connectivity index (χ0n) is 17.6. The highest BCUT2D eigenvalue weighted by molar-refractivity contribution is 5.92. The first-order chi connectivity index (χ1) is 15.6. The fourth-order valence-corrected chi connectivity index (χ4v) is 4.16. The van der Waals surface area contributed by atoms with E-state index in [9.17, 15) is 9.18 Å². The maximum absolute atomic E-state index is 13.8. The molecular weight excluding hydrogens is 409 g/mol. The first-order valence-corrected chi connectivity index (χ1v) is 10.5. The van der Waals surface area contributed by atoms with Crippen molar-refractivity contribution in [3.63, 3.8) is 0 Å². The molecule has 0 saturated carbocycles. The van der Waals surface area contributed by atoms with Gasteiger partial charge in [-0.05, 0) is 55.3 Å². The second-order valence-electron chi connectivity index (χ2n) is 7.84. The van der Waals surface area contributed by atoms with Gasteiger partial charge in [-0.25, -0.2) is 13.9 Å². The summed E-state index contributed by atoms with van der Waals surface area (Å²) in [5.41, 5.74) is 2.58.